The molecule has 122 valence electrons. The van der Waals surface area contributed by atoms with E-state index in [0.29, 0.717) is 6.42 Å². The second kappa shape index (κ2) is 6.03. The zero-order valence-electron chi connectivity index (χ0n) is 13.4. The number of carbonyl (C=O) groups is 1. The van der Waals surface area contributed by atoms with Gasteiger partial charge in [0.05, 0.1) is 12.8 Å². The summed E-state index contributed by atoms with van der Waals surface area (Å²) in [6.07, 6.45) is 1.33. The Kier molecular flexibility index (Phi) is 3.86. The number of nitrogens with one attached hydrogen (secondary N) is 1. The van der Waals surface area contributed by atoms with Gasteiger partial charge in [-0.05, 0) is 36.4 Å². The number of hydrogen-bond donors (Lipinski definition) is 1. The quantitative estimate of drug-likeness (QED) is 0.737. The average molecular weight is 356 g/mol. The van der Waals surface area contributed by atoms with Crippen LogP contribution in [0.15, 0.2) is 29.0 Å². The molecule has 4 nitrogen and oxygen atoms in total. The zero-order chi connectivity index (χ0) is 16.7. The summed E-state index contributed by atoms with van der Waals surface area (Å²) in [4.78, 5) is 17.3. The van der Waals surface area contributed by atoms with Crippen molar-refractivity contribution >= 4 is 34.3 Å². The molecule has 1 N–H and O–H groups in total. The smallest absolute Gasteiger partial charge is 0.224 e. The van der Waals surface area contributed by atoms with Gasteiger partial charge in [0.2, 0.25) is 5.91 Å². The molecule has 2 aromatic heterocycles. The fourth-order valence-corrected chi connectivity index (χ4v) is 4.84. The number of fused-ring (bicyclic) bond motifs is 1. The number of amides is 1. The molecule has 1 aliphatic heterocycles. The van der Waals surface area contributed by atoms with Crippen molar-refractivity contribution in [2.75, 3.05) is 12.4 Å². The van der Waals surface area contributed by atoms with Crippen LogP contribution in [0.2, 0.25) is 0 Å². The van der Waals surface area contributed by atoms with Crippen LogP contribution in [0.3, 0.4) is 0 Å². The van der Waals surface area contributed by atoms with Gasteiger partial charge in [-0.15, -0.1) is 22.7 Å². The lowest BCUT2D eigenvalue weighted by atomic mass is 9.99. The van der Waals surface area contributed by atoms with Gasteiger partial charge in [0.25, 0.3) is 0 Å². The number of hydrogen-bond acceptors (Lipinski definition) is 5. The van der Waals surface area contributed by atoms with Crippen LogP contribution in [-0.2, 0) is 11.2 Å². The molecule has 0 saturated heterocycles. The van der Waals surface area contributed by atoms with Crippen molar-refractivity contribution in [2.24, 2.45) is 0 Å². The van der Waals surface area contributed by atoms with Gasteiger partial charge < -0.3 is 10.1 Å². The third-order valence-corrected chi connectivity index (χ3v) is 6.19. The summed E-state index contributed by atoms with van der Waals surface area (Å²) in [5, 5.41) is 8.06. The van der Waals surface area contributed by atoms with Crippen molar-refractivity contribution in [3.63, 3.8) is 0 Å². The van der Waals surface area contributed by atoms with E-state index in [2.05, 4.69) is 22.1 Å². The monoisotopic (exact) mass is 356 g/mol. The number of aromatic nitrogens is 1. The molecule has 3 heterocycles. The van der Waals surface area contributed by atoms with Gasteiger partial charge in [0, 0.05) is 28.6 Å². The Hall–Kier alpha value is -2.18. The SMILES string of the molecule is COc1c(C)csc1-c1nc(-c2ccc3c(c2)CCC(=O)N3)cs1. The standard InChI is InChI=1S/C18H16N2O2S2/c1-10-8-23-17(16(10)22-2)18-20-14(9-24-18)12-3-5-13-11(7-12)4-6-15(21)19-13/h3,5,7-9H,4,6H2,1-2H3,(H,19,21). The molecule has 0 spiro atoms. The Labute approximate surface area is 148 Å². The van der Waals surface area contributed by atoms with Gasteiger partial charge in [-0.25, -0.2) is 4.98 Å². The van der Waals surface area contributed by atoms with E-state index in [1.54, 1.807) is 29.8 Å². The Morgan fingerprint density at radius 2 is 2.08 bits per heavy atom. The predicted molar refractivity (Wildman–Crippen MR) is 99.1 cm³/mol. The first-order chi connectivity index (χ1) is 11.7. The normalized spacial score (nSPS) is 13.5. The molecule has 24 heavy (non-hydrogen) atoms. The Bertz CT molecular complexity index is 927. The molecule has 1 amide bonds. The first-order valence-corrected chi connectivity index (χ1v) is 9.43. The van der Waals surface area contributed by atoms with Crippen LogP contribution in [0.5, 0.6) is 5.75 Å². The zero-order valence-corrected chi connectivity index (χ0v) is 15.0. The average Bonchev–Trinajstić information content (AvgIpc) is 3.20. The molecule has 1 aliphatic rings. The van der Waals surface area contributed by atoms with E-state index in [1.807, 2.05) is 19.1 Å². The first kappa shape index (κ1) is 15.4. The minimum Gasteiger partial charge on any atom is -0.495 e. The first-order valence-electron chi connectivity index (χ1n) is 7.67. The maximum atomic E-state index is 11.5. The molecule has 6 heteroatoms. The molecule has 3 aromatic rings. The largest absolute Gasteiger partial charge is 0.495 e. The molecule has 0 fully saturated rings. The fraction of sp³-hybridized carbons (Fsp3) is 0.222. The summed E-state index contributed by atoms with van der Waals surface area (Å²) in [5.74, 6) is 1.00. The summed E-state index contributed by atoms with van der Waals surface area (Å²) < 4.78 is 5.51. The van der Waals surface area contributed by atoms with Crippen LogP contribution < -0.4 is 10.1 Å². The molecule has 4 rings (SSSR count). The second-order valence-corrected chi connectivity index (χ2v) is 7.48. The molecule has 0 radical (unpaired) electrons. The molecule has 0 atom stereocenters. The fourth-order valence-electron chi connectivity index (χ4n) is 2.89. The number of carbonyl (C=O) groups excluding carboxylic acids is 1. The number of benzene rings is 1. The van der Waals surface area contributed by atoms with Gasteiger partial charge in [0.15, 0.2) is 0 Å². The van der Waals surface area contributed by atoms with E-state index in [9.17, 15) is 4.79 Å². The minimum absolute atomic E-state index is 0.0892. The van der Waals surface area contributed by atoms with E-state index in [-0.39, 0.29) is 5.91 Å². The lowest BCUT2D eigenvalue weighted by molar-refractivity contribution is -0.116. The number of nitrogens with zero attached hydrogens (tertiary/aromatic N) is 1. The van der Waals surface area contributed by atoms with Crippen molar-refractivity contribution < 1.29 is 9.53 Å². The molecule has 0 unspecified atom stereocenters. The highest BCUT2D eigenvalue weighted by Gasteiger charge is 2.18. The molecular formula is C18H16N2O2S2. The summed E-state index contributed by atoms with van der Waals surface area (Å²) in [7, 11) is 1.70. The third kappa shape index (κ3) is 2.61. The van der Waals surface area contributed by atoms with E-state index < -0.39 is 0 Å². The predicted octanol–water partition coefficient (Wildman–Crippen LogP) is 4.74. The molecular weight excluding hydrogens is 340 g/mol. The van der Waals surface area contributed by atoms with E-state index in [4.69, 9.17) is 9.72 Å². The molecule has 0 bridgehead atoms. The van der Waals surface area contributed by atoms with Crippen molar-refractivity contribution in [1.82, 2.24) is 4.98 Å². The summed E-state index contributed by atoms with van der Waals surface area (Å²) in [6.45, 7) is 2.05. The van der Waals surface area contributed by atoms with Crippen molar-refractivity contribution in [1.29, 1.82) is 0 Å². The Morgan fingerprint density at radius 3 is 2.92 bits per heavy atom. The molecule has 1 aromatic carbocycles. The van der Waals surface area contributed by atoms with Gasteiger partial charge in [-0.2, -0.15) is 0 Å². The number of methoxy groups -OCH3 is 1. The number of thiophene rings is 1. The number of thiazole rings is 1. The molecule has 0 aliphatic carbocycles. The lowest BCUT2D eigenvalue weighted by Gasteiger charge is -2.17. The Balaban J connectivity index is 1.69. The van der Waals surface area contributed by atoms with Crippen LogP contribution in [0, 0.1) is 6.92 Å². The number of rotatable bonds is 3. The van der Waals surface area contributed by atoms with Crippen molar-refractivity contribution in [3.8, 4) is 26.9 Å². The highest BCUT2D eigenvalue weighted by Crippen LogP contribution is 2.41. The second-order valence-electron chi connectivity index (χ2n) is 5.74. The molecule has 0 saturated carbocycles. The van der Waals surface area contributed by atoms with Crippen LogP contribution in [0.1, 0.15) is 17.5 Å². The third-order valence-electron chi connectivity index (χ3n) is 4.12. The minimum atomic E-state index is 0.0892. The van der Waals surface area contributed by atoms with Gasteiger partial charge >= 0.3 is 0 Å². The number of aryl methyl sites for hydroxylation is 2. The number of anilines is 1. The van der Waals surface area contributed by atoms with E-state index in [1.165, 1.54) is 5.56 Å². The van der Waals surface area contributed by atoms with Crippen LogP contribution in [0.25, 0.3) is 21.1 Å². The van der Waals surface area contributed by atoms with Gasteiger partial charge in [-0.1, -0.05) is 6.07 Å². The van der Waals surface area contributed by atoms with E-state index >= 15 is 0 Å². The summed E-state index contributed by atoms with van der Waals surface area (Å²) >= 11 is 3.29. The van der Waals surface area contributed by atoms with Crippen molar-refractivity contribution in [2.45, 2.75) is 19.8 Å². The number of ether oxygens (including phenoxy) is 1. The summed E-state index contributed by atoms with van der Waals surface area (Å²) in [6, 6.07) is 6.11. The highest BCUT2D eigenvalue weighted by atomic mass is 32.1. The Morgan fingerprint density at radius 1 is 1.21 bits per heavy atom. The van der Waals surface area contributed by atoms with Crippen LogP contribution >= 0.6 is 22.7 Å². The topological polar surface area (TPSA) is 51.2 Å². The maximum Gasteiger partial charge on any atom is 0.224 e. The van der Waals surface area contributed by atoms with E-state index in [0.717, 1.165) is 44.6 Å². The summed E-state index contributed by atoms with van der Waals surface area (Å²) in [5.41, 5.74) is 5.27. The van der Waals surface area contributed by atoms with Crippen LogP contribution in [-0.4, -0.2) is 18.0 Å². The maximum absolute atomic E-state index is 11.5. The highest BCUT2D eigenvalue weighted by molar-refractivity contribution is 7.20. The van der Waals surface area contributed by atoms with Gasteiger partial charge in [-0.3, -0.25) is 4.79 Å². The van der Waals surface area contributed by atoms with Gasteiger partial charge in [0.1, 0.15) is 15.6 Å². The lowest BCUT2D eigenvalue weighted by Crippen LogP contribution is -2.18. The van der Waals surface area contributed by atoms with Crippen molar-refractivity contribution in [3.05, 3.63) is 40.1 Å². The van der Waals surface area contributed by atoms with Crippen LogP contribution in [0.4, 0.5) is 5.69 Å².